The molecule has 0 radical (unpaired) electrons. The Hall–Kier alpha value is -1.00. The fraction of sp³-hybridized carbons (Fsp3) is 0.125. The molecule has 0 aliphatic heterocycles. The summed E-state index contributed by atoms with van der Waals surface area (Å²) < 4.78 is 10.8. The van der Waals surface area contributed by atoms with Gasteiger partial charge in [-0.1, -0.05) is 12.6 Å². The highest BCUT2D eigenvalue weighted by Crippen LogP contribution is 2.49. The van der Waals surface area contributed by atoms with Gasteiger partial charge in [-0.15, -0.1) is 0 Å². The van der Waals surface area contributed by atoms with Gasteiger partial charge in [-0.2, -0.15) is 0 Å². The average molecular weight is 215 g/mol. The Morgan fingerprint density at radius 3 is 2.57 bits per heavy atom. The second-order valence-electron chi connectivity index (χ2n) is 2.69. The van der Waals surface area contributed by atoms with Gasteiger partial charge in [0.05, 0.1) is 11.0 Å². The second-order valence-corrected chi connectivity index (χ2v) is 4.35. The number of rotatable bonds is 3. The molecule has 1 atom stereocenters. The zero-order valence-electron chi connectivity index (χ0n) is 7.24. The van der Waals surface area contributed by atoms with Gasteiger partial charge in [-0.3, -0.25) is 9.55 Å². The molecule has 0 aromatic carbocycles. The van der Waals surface area contributed by atoms with E-state index in [-0.39, 0.29) is 5.69 Å². The van der Waals surface area contributed by atoms with Crippen LogP contribution in [0.25, 0.3) is 0 Å². The number of aromatic nitrogens is 1. The molecular weight excluding hydrogens is 205 g/mol. The molecule has 0 saturated heterocycles. The van der Waals surface area contributed by atoms with Crippen LogP contribution in [0.15, 0.2) is 36.3 Å². The van der Waals surface area contributed by atoms with Crippen LogP contribution in [0.2, 0.25) is 0 Å². The first-order valence-corrected chi connectivity index (χ1v) is 5.38. The molecule has 0 aliphatic rings. The molecule has 0 amide bonds. The van der Waals surface area contributed by atoms with E-state index in [0.29, 0.717) is 0 Å². The van der Waals surface area contributed by atoms with Crippen LogP contribution in [0.4, 0.5) is 0 Å². The predicted octanol–water partition coefficient (Wildman–Crippen LogP) is 0.806. The van der Waals surface area contributed by atoms with Crippen LogP contribution in [-0.2, 0) is 4.57 Å². The van der Waals surface area contributed by atoms with E-state index in [1.165, 1.54) is 12.3 Å². The van der Waals surface area contributed by atoms with E-state index >= 15 is 0 Å². The third-order valence-corrected chi connectivity index (χ3v) is 2.65. The first-order chi connectivity index (χ1) is 6.43. The molecule has 5 nitrogen and oxygen atoms in total. The molecule has 1 aromatic rings. The maximum atomic E-state index is 10.8. The van der Waals surface area contributed by atoms with Crippen molar-refractivity contribution in [2.45, 2.75) is 6.10 Å². The molecule has 1 heterocycles. The molecule has 0 bridgehead atoms. The summed E-state index contributed by atoms with van der Waals surface area (Å²) in [5.74, 6) is 0. The van der Waals surface area contributed by atoms with Crippen molar-refractivity contribution in [1.82, 2.24) is 4.98 Å². The summed E-state index contributed by atoms with van der Waals surface area (Å²) in [5.41, 5.74) is 0.167. The molecule has 1 rings (SSSR count). The Bertz CT molecular complexity index is 372. The van der Waals surface area contributed by atoms with E-state index in [2.05, 4.69) is 11.6 Å². The Morgan fingerprint density at radius 2 is 2.14 bits per heavy atom. The van der Waals surface area contributed by atoms with Crippen LogP contribution in [0.1, 0.15) is 11.8 Å². The average Bonchev–Trinajstić information content (AvgIpc) is 2.15. The summed E-state index contributed by atoms with van der Waals surface area (Å²) in [4.78, 5) is 21.2. The molecule has 0 fully saturated rings. The Morgan fingerprint density at radius 1 is 1.50 bits per heavy atom. The van der Waals surface area contributed by atoms with Crippen LogP contribution in [-0.4, -0.2) is 19.9 Å². The van der Waals surface area contributed by atoms with Crippen LogP contribution >= 0.6 is 7.60 Å². The lowest BCUT2D eigenvalue weighted by Gasteiger charge is -2.13. The minimum absolute atomic E-state index is 0.167. The largest absolute Gasteiger partial charge is 0.382 e. The van der Waals surface area contributed by atoms with Crippen molar-refractivity contribution in [3.05, 3.63) is 42.0 Å². The normalized spacial score (nSPS) is 13.6. The molecule has 0 spiro atoms. The molecule has 76 valence electrons. The van der Waals surface area contributed by atoms with E-state index in [1.807, 2.05) is 0 Å². The Kier molecular flexibility index (Phi) is 3.18. The van der Waals surface area contributed by atoms with E-state index in [0.717, 1.165) is 0 Å². The lowest BCUT2D eigenvalue weighted by atomic mass is 10.2. The van der Waals surface area contributed by atoms with Crippen molar-refractivity contribution < 1.29 is 19.5 Å². The van der Waals surface area contributed by atoms with Gasteiger partial charge in [0, 0.05) is 6.20 Å². The number of aliphatic hydroxyl groups excluding tert-OH is 1. The van der Waals surface area contributed by atoms with Crippen molar-refractivity contribution in [3.8, 4) is 0 Å². The zero-order valence-corrected chi connectivity index (χ0v) is 8.13. The smallest absolute Gasteiger partial charge is 0.354 e. The molecule has 1 aromatic heterocycles. The van der Waals surface area contributed by atoms with Gasteiger partial charge < -0.3 is 14.9 Å². The minimum Gasteiger partial charge on any atom is -0.382 e. The highest BCUT2D eigenvalue weighted by atomic mass is 31.2. The van der Waals surface area contributed by atoms with E-state index in [1.54, 1.807) is 12.1 Å². The monoisotopic (exact) mass is 215 g/mol. The first kappa shape index (κ1) is 11.1. The summed E-state index contributed by atoms with van der Waals surface area (Å²) in [6, 6.07) is 4.71. The van der Waals surface area contributed by atoms with Gasteiger partial charge in [0.2, 0.25) is 0 Å². The quantitative estimate of drug-likeness (QED) is 0.649. The summed E-state index contributed by atoms with van der Waals surface area (Å²) in [5, 5.41) is 8.93. The van der Waals surface area contributed by atoms with Crippen molar-refractivity contribution in [1.29, 1.82) is 0 Å². The lowest BCUT2D eigenvalue weighted by molar-refractivity contribution is 0.212. The Balaban J connectivity index is 2.93. The number of pyridine rings is 1. The predicted molar refractivity (Wildman–Crippen MR) is 50.4 cm³/mol. The van der Waals surface area contributed by atoms with Crippen LogP contribution in [0, 0.1) is 0 Å². The topological polar surface area (TPSA) is 90.7 Å². The third-order valence-electron chi connectivity index (χ3n) is 1.66. The van der Waals surface area contributed by atoms with Gasteiger partial charge in [0.15, 0.2) is 0 Å². The molecule has 3 N–H and O–H groups in total. The van der Waals surface area contributed by atoms with Gasteiger partial charge in [0.1, 0.15) is 6.10 Å². The van der Waals surface area contributed by atoms with Gasteiger partial charge >= 0.3 is 7.60 Å². The van der Waals surface area contributed by atoms with Crippen molar-refractivity contribution >= 4 is 7.60 Å². The zero-order chi connectivity index (χ0) is 10.8. The second kappa shape index (κ2) is 4.02. The maximum Gasteiger partial charge on any atom is 0.354 e. The number of hydrogen-bond acceptors (Lipinski definition) is 3. The highest BCUT2D eigenvalue weighted by molar-refractivity contribution is 7.56. The fourth-order valence-corrected chi connectivity index (χ4v) is 1.32. The molecule has 0 aliphatic carbocycles. The summed E-state index contributed by atoms with van der Waals surface area (Å²) in [7, 11) is -4.46. The highest BCUT2D eigenvalue weighted by Gasteiger charge is 2.27. The van der Waals surface area contributed by atoms with E-state index in [9.17, 15) is 9.67 Å². The molecule has 0 saturated carbocycles. The maximum absolute atomic E-state index is 10.8. The van der Waals surface area contributed by atoms with Gasteiger partial charge in [0.25, 0.3) is 0 Å². The number of hydrogen-bond donors (Lipinski definition) is 3. The van der Waals surface area contributed by atoms with Gasteiger partial charge in [-0.05, 0) is 12.1 Å². The SMILES string of the molecule is C=C(C(O)c1ccccn1)P(=O)(O)O. The minimum atomic E-state index is -4.46. The van der Waals surface area contributed by atoms with Crippen molar-refractivity contribution in [3.63, 3.8) is 0 Å². The van der Waals surface area contributed by atoms with E-state index < -0.39 is 19.0 Å². The van der Waals surface area contributed by atoms with Crippen molar-refractivity contribution in [2.24, 2.45) is 0 Å². The van der Waals surface area contributed by atoms with Crippen molar-refractivity contribution in [2.75, 3.05) is 0 Å². The first-order valence-electron chi connectivity index (χ1n) is 3.77. The molecule has 6 heteroatoms. The standard InChI is InChI=1S/C8H10NO4P/c1-6(14(11,12)13)8(10)7-4-2-3-5-9-7/h2-5,8,10H,1H2,(H2,11,12,13). The number of aliphatic hydroxyl groups is 1. The Labute approximate surface area is 80.9 Å². The fourth-order valence-electron chi connectivity index (χ4n) is 0.868. The van der Waals surface area contributed by atoms with E-state index in [4.69, 9.17) is 9.79 Å². The van der Waals surface area contributed by atoms with Crippen LogP contribution < -0.4 is 0 Å². The number of nitrogens with zero attached hydrogens (tertiary/aromatic N) is 1. The van der Waals surface area contributed by atoms with Crippen LogP contribution in [0.5, 0.6) is 0 Å². The molecule has 1 unspecified atom stereocenters. The molecular formula is C8H10NO4P. The van der Waals surface area contributed by atoms with Crippen LogP contribution in [0.3, 0.4) is 0 Å². The third kappa shape index (κ3) is 2.49. The molecule has 14 heavy (non-hydrogen) atoms. The lowest BCUT2D eigenvalue weighted by Crippen LogP contribution is -2.03. The summed E-state index contributed by atoms with van der Waals surface area (Å²) >= 11 is 0. The van der Waals surface area contributed by atoms with Gasteiger partial charge in [-0.25, -0.2) is 0 Å². The summed E-state index contributed by atoms with van der Waals surface area (Å²) in [6.45, 7) is 3.15. The summed E-state index contributed by atoms with van der Waals surface area (Å²) in [6.07, 6.45) is -0.0112.